The van der Waals surface area contributed by atoms with E-state index in [0.717, 1.165) is 57.6 Å². The van der Waals surface area contributed by atoms with Crippen molar-refractivity contribution in [3.63, 3.8) is 0 Å². The van der Waals surface area contributed by atoms with Crippen molar-refractivity contribution in [1.29, 1.82) is 0 Å². The summed E-state index contributed by atoms with van der Waals surface area (Å²) in [6.45, 7) is 3.50. The zero-order valence-corrected chi connectivity index (χ0v) is 20.1. The zero-order valence-electron chi connectivity index (χ0n) is 19.3. The van der Waals surface area contributed by atoms with Gasteiger partial charge in [0.25, 0.3) is 0 Å². The van der Waals surface area contributed by atoms with Crippen LogP contribution in [0.3, 0.4) is 0 Å². The maximum absolute atomic E-state index is 11.8. The van der Waals surface area contributed by atoms with Gasteiger partial charge in [0.05, 0.1) is 0 Å². The Morgan fingerprint density at radius 2 is 1.88 bits per heavy atom. The quantitative estimate of drug-likeness (QED) is 0.187. The minimum atomic E-state index is 0.198. The summed E-state index contributed by atoms with van der Waals surface area (Å²) >= 11 is 6.41. The molecule has 0 spiro atoms. The standard InChI is InChI=1S/C23H35ClN8O/c24-21-16-22(31-13-3-1-2-4-14-31)29-23(28-21)27-19-11-15-32(17-7-9-18(33)10-8-17)20(19)6-5-12-26-30-25/h16-17,19-20H,1-15H2,(H,27,28,29). The Labute approximate surface area is 200 Å². The van der Waals surface area contributed by atoms with Crippen LogP contribution in [0.4, 0.5) is 11.8 Å². The number of aromatic nitrogens is 2. The van der Waals surface area contributed by atoms with Crippen LogP contribution in [0.2, 0.25) is 5.15 Å². The highest BCUT2D eigenvalue weighted by molar-refractivity contribution is 6.29. The first-order valence-corrected chi connectivity index (χ1v) is 12.9. The Morgan fingerprint density at radius 3 is 2.61 bits per heavy atom. The summed E-state index contributed by atoms with van der Waals surface area (Å²) in [7, 11) is 0. The Hall–Kier alpha value is -2.09. The summed E-state index contributed by atoms with van der Waals surface area (Å²) in [5.41, 5.74) is 8.63. The van der Waals surface area contributed by atoms with Crippen molar-refractivity contribution in [2.24, 2.45) is 5.11 Å². The van der Waals surface area contributed by atoms with Gasteiger partial charge in [-0.15, -0.1) is 0 Å². The number of anilines is 2. The van der Waals surface area contributed by atoms with E-state index in [1.54, 1.807) is 0 Å². The highest BCUT2D eigenvalue weighted by atomic mass is 35.5. The molecule has 33 heavy (non-hydrogen) atoms. The van der Waals surface area contributed by atoms with Crippen molar-refractivity contribution in [3.8, 4) is 0 Å². The van der Waals surface area contributed by atoms with E-state index in [2.05, 4.69) is 30.1 Å². The van der Waals surface area contributed by atoms with Crippen LogP contribution in [-0.2, 0) is 4.79 Å². The summed E-state index contributed by atoms with van der Waals surface area (Å²) in [5.74, 6) is 1.88. The predicted octanol–water partition coefficient (Wildman–Crippen LogP) is 4.97. The van der Waals surface area contributed by atoms with Crippen LogP contribution in [-0.4, -0.2) is 65.0 Å². The number of ketones is 1. The number of likely N-dealkylation sites (tertiary alicyclic amines) is 1. The number of rotatable bonds is 8. The summed E-state index contributed by atoms with van der Waals surface area (Å²) < 4.78 is 0. The molecule has 4 rings (SSSR count). The van der Waals surface area contributed by atoms with E-state index in [1.807, 2.05) is 6.07 Å². The fourth-order valence-electron chi connectivity index (χ4n) is 5.64. The third kappa shape index (κ3) is 6.49. The Balaban J connectivity index is 1.47. The first-order valence-electron chi connectivity index (χ1n) is 12.5. The number of hydrogen-bond donors (Lipinski definition) is 1. The second-order valence-corrected chi connectivity index (χ2v) is 9.87. The minimum absolute atomic E-state index is 0.198. The van der Waals surface area contributed by atoms with Crippen LogP contribution < -0.4 is 10.2 Å². The van der Waals surface area contributed by atoms with Gasteiger partial charge in [-0.3, -0.25) is 9.69 Å². The van der Waals surface area contributed by atoms with E-state index < -0.39 is 0 Å². The molecule has 1 aliphatic carbocycles. The molecule has 1 aromatic heterocycles. The fourth-order valence-corrected chi connectivity index (χ4v) is 5.81. The largest absolute Gasteiger partial charge is 0.356 e. The lowest BCUT2D eigenvalue weighted by Gasteiger charge is -2.37. The number of nitrogens with one attached hydrogen (secondary N) is 1. The molecule has 2 unspecified atom stereocenters. The highest BCUT2D eigenvalue weighted by Gasteiger charge is 2.39. The molecule has 2 atom stereocenters. The first kappa shape index (κ1) is 24.0. The number of Topliss-reactive ketones (excluding diaryl/α,β-unsaturated/α-hetero) is 1. The normalized spacial score (nSPS) is 25.0. The molecule has 10 heteroatoms. The van der Waals surface area contributed by atoms with E-state index >= 15 is 0 Å². The number of halogens is 1. The summed E-state index contributed by atoms with van der Waals surface area (Å²) in [4.78, 5) is 28.9. The van der Waals surface area contributed by atoms with Crippen LogP contribution in [0.25, 0.3) is 10.4 Å². The smallest absolute Gasteiger partial charge is 0.226 e. The van der Waals surface area contributed by atoms with Gasteiger partial charge < -0.3 is 10.2 Å². The SMILES string of the molecule is [N-]=[N+]=NCCCC1C(Nc2nc(Cl)cc(N3CCCCCC3)n2)CCN1C1CCC(=O)CC1. The van der Waals surface area contributed by atoms with Gasteiger partial charge in [-0.05, 0) is 50.5 Å². The van der Waals surface area contributed by atoms with Gasteiger partial charge in [0.15, 0.2) is 0 Å². The Bertz CT molecular complexity index is 843. The third-order valence-corrected chi connectivity index (χ3v) is 7.51. The summed E-state index contributed by atoms with van der Waals surface area (Å²) in [6, 6.07) is 2.80. The minimum Gasteiger partial charge on any atom is -0.356 e. The van der Waals surface area contributed by atoms with Crippen molar-refractivity contribution in [2.75, 3.05) is 36.4 Å². The van der Waals surface area contributed by atoms with E-state index in [-0.39, 0.29) is 6.04 Å². The summed E-state index contributed by atoms with van der Waals surface area (Å²) in [5, 5.41) is 7.79. The predicted molar refractivity (Wildman–Crippen MR) is 131 cm³/mol. The molecule has 0 amide bonds. The van der Waals surface area contributed by atoms with Gasteiger partial charge in [0.1, 0.15) is 16.8 Å². The fraction of sp³-hybridized carbons (Fsp3) is 0.783. The topological polar surface area (TPSA) is 110 Å². The molecular formula is C23H35ClN8O. The lowest BCUT2D eigenvalue weighted by atomic mass is 9.92. The van der Waals surface area contributed by atoms with Crippen LogP contribution in [0.1, 0.15) is 70.6 Å². The van der Waals surface area contributed by atoms with Gasteiger partial charge in [-0.25, -0.2) is 4.98 Å². The lowest BCUT2D eigenvalue weighted by molar-refractivity contribution is -0.121. The van der Waals surface area contributed by atoms with Crippen LogP contribution in [0.15, 0.2) is 11.2 Å². The monoisotopic (exact) mass is 474 g/mol. The Morgan fingerprint density at radius 1 is 1.12 bits per heavy atom. The number of hydrogen-bond acceptors (Lipinski definition) is 7. The number of carbonyl (C=O) groups excluding carboxylic acids is 1. The van der Waals surface area contributed by atoms with E-state index in [9.17, 15) is 4.79 Å². The van der Waals surface area contributed by atoms with Crippen molar-refractivity contribution in [1.82, 2.24) is 14.9 Å². The molecule has 1 N–H and O–H groups in total. The van der Waals surface area contributed by atoms with Gasteiger partial charge in [0.2, 0.25) is 5.95 Å². The molecule has 2 aliphatic heterocycles. The molecule has 1 saturated carbocycles. The molecule has 0 aromatic carbocycles. The molecule has 3 fully saturated rings. The summed E-state index contributed by atoms with van der Waals surface area (Å²) in [6.07, 6.45) is 10.9. The van der Waals surface area contributed by atoms with E-state index in [4.69, 9.17) is 22.1 Å². The second-order valence-electron chi connectivity index (χ2n) is 9.48. The molecular weight excluding hydrogens is 440 g/mol. The molecule has 0 radical (unpaired) electrons. The maximum Gasteiger partial charge on any atom is 0.226 e. The van der Waals surface area contributed by atoms with Gasteiger partial charge >= 0.3 is 0 Å². The molecule has 3 heterocycles. The number of carbonyl (C=O) groups is 1. The second kappa shape index (κ2) is 11.9. The Kier molecular flexibility index (Phi) is 8.64. The van der Waals surface area contributed by atoms with Gasteiger partial charge in [-0.1, -0.05) is 29.6 Å². The van der Waals surface area contributed by atoms with Gasteiger partial charge in [-0.2, -0.15) is 4.98 Å². The van der Waals surface area contributed by atoms with Crippen LogP contribution in [0.5, 0.6) is 0 Å². The third-order valence-electron chi connectivity index (χ3n) is 7.32. The van der Waals surface area contributed by atoms with Gasteiger partial charge in [0, 0.05) is 68.1 Å². The average Bonchev–Trinajstić information content (AvgIpc) is 3.01. The van der Waals surface area contributed by atoms with Crippen LogP contribution >= 0.6 is 11.6 Å². The first-order chi connectivity index (χ1) is 16.1. The average molecular weight is 475 g/mol. The molecule has 3 aliphatic rings. The van der Waals surface area contributed by atoms with E-state index in [1.165, 1.54) is 25.7 Å². The number of azide groups is 1. The van der Waals surface area contributed by atoms with Crippen molar-refractivity contribution in [3.05, 3.63) is 21.7 Å². The number of nitrogens with zero attached hydrogens (tertiary/aromatic N) is 7. The molecule has 2 saturated heterocycles. The molecule has 9 nitrogen and oxygen atoms in total. The molecule has 0 bridgehead atoms. The maximum atomic E-state index is 11.8. The highest BCUT2D eigenvalue weighted by Crippen LogP contribution is 2.32. The molecule has 1 aromatic rings. The van der Waals surface area contributed by atoms with E-state index in [0.29, 0.717) is 48.4 Å². The van der Waals surface area contributed by atoms with Crippen LogP contribution in [0, 0.1) is 0 Å². The zero-order chi connectivity index (χ0) is 23.0. The lowest BCUT2D eigenvalue weighted by Crippen LogP contribution is -2.46. The molecule has 180 valence electrons. The van der Waals surface area contributed by atoms with Crippen molar-refractivity contribution in [2.45, 2.75) is 88.8 Å². The van der Waals surface area contributed by atoms with Crippen molar-refractivity contribution >= 4 is 29.2 Å². The van der Waals surface area contributed by atoms with Crippen molar-refractivity contribution < 1.29 is 4.79 Å².